The molecule has 4 rings (SSSR count). The molecule has 2 atom stereocenters. The molecule has 0 saturated carbocycles. The van der Waals surface area contributed by atoms with E-state index in [1.54, 1.807) is 32.4 Å². The van der Waals surface area contributed by atoms with E-state index in [9.17, 15) is 4.79 Å². The summed E-state index contributed by atoms with van der Waals surface area (Å²) >= 11 is 0. The molecule has 122 valence electrons. The second-order valence-corrected chi connectivity index (χ2v) is 5.56. The van der Waals surface area contributed by atoms with Crippen molar-refractivity contribution in [1.29, 1.82) is 0 Å². The maximum atomic E-state index is 12.8. The first-order valence-corrected chi connectivity index (χ1v) is 7.57. The Labute approximate surface area is 139 Å². The smallest absolute Gasteiger partial charge is 0.220 e. The van der Waals surface area contributed by atoms with Gasteiger partial charge in [-0.3, -0.25) is 4.79 Å². The van der Waals surface area contributed by atoms with Gasteiger partial charge in [-0.15, -0.1) is 0 Å². The summed E-state index contributed by atoms with van der Waals surface area (Å²) in [6, 6.07) is 12.3. The topological polar surface area (TPSA) is 69.2 Å². The van der Waals surface area contributed by atoms with Gasteiger partial charge >= 0.3 is 0 Å². The highest BCUT2D eigenvalue weighted by Crippen LogP contribution is 2.39. The minimum atomic E-state index is -0.713. The van der Waals surface area contributed by atoms with Crippen molar-refractivity contribution in [2.24, 2.45) is 4.99 Å². The summed E-state index contributed by atoms with van der Waals surface area (Å²) in [6.45, 7) is 0. The molecule has 0 amide bonds. The van der Waals surface area contributed by atoms with Crippen LogP contribution in [0.5, 0.6) is 11.5 Å². The Kier molecular flexibility index (Phi) is 3.37. The lowest BCUT2D eigenvalue weighted by Gasteiger charge is -2.18. The predicted octanol–water partition coefficient (Wildman–Crippen LogP) is 2.87. The van der Waals surface area contributed by atoms with Gasteiger partial charge in [0.1, 0.15) is 0 Å². The number of anilines is 1. The molecule has 1 saturated heterocycles. The van der Waals surface area contributed by atoms with E-state index in [0.29, 0.717) is 23.0 Å². The SMILES string of the molecule is COc1ccc([C@H]2OC3=Nc4ccccc4N[C@H]3C2=O)cc1OC. The number of benzene rings is 2. The Hall–Kier alpha value is -3.02. The fourth-order valence-corrected chi connectivity index (χ4v) is 2.96. The molecule has 2 aromatic carbocycles. The average molecular weight is 324 g/mol. The van der Waals surface area contributed by atoms with Crippen molar-refractivity contribution in [3.05, 3.63) is 48.0 Å². The van der Waals surface area contributed by atoms with E-state index in [-0.39, 0.29) is 5.78 Å². The minimum absolute atomic E-state index is 0.0736. The van der Waals surface area contributed by atoms with Crippen molar-refractivity contribution in [3.8, 4) is 11.5 Å². The third kappa shape index (κ3) is 2.19. The Bertz CT molecular complexity index is 847. The fourth-order valence-electron chi connectivity index (χ4n) is 2.96. The highest BCUT2D eigenvalue weighted by atomic mass is 16.5. The number of methoxy groups -OCH3 is 2. The zero-order valence-electron chi connectivity index (χ0n) is 13.3. The molecular formula is C18H16N2O4. The molecule has 1 N–H and O–H groups in total. The van der Waals surface area contributed by atoms with Gasteiger partial charge in [-0.25, -0.2) is 4.99 Å². The fraction of sp³-hybridized carbons (Fsp3) is 0.222. The first-order valence-electron chi connectivity index (χ1n) is 7.57. The minimum Gasteiger partial charge on any atom is -0.493 e. The van der Waals surface area contributed by atoms with E-state index in [1.807, 2.05) is 24.3 Å². The first-order chi connectivity index (χ1) is 11.7. The molecule has 0 bridgehead atoms. The van der Waals surface area contributed by atoms with Crippen LogP contribution in [0, 0.1) is 0 Å². The number of nitrogens with one attached hydrogen (secondary N) is 1. The van der Waals surface area contributed by atoms with Crippen LogP contribution in [0.1, 0.15) is 11.7 Å². The van der Waals surface area contributed by atoms with Gasteiger partial charge in [0.25, 0.3) is 0 Å². The lowest BCUT2D eigenvalue weighted by atomic mass is 10.0. The van der Waals surface area contributed by atoms with E-state index < -0.39 is 12.1 Å². The molecule has 6 heteroatoms. The normalized spacial score (nSPS) is 21.1. The number of Topliss-reactive ketones (excluding diaryl/α,β-unsaturated/α-hetero) is 1. The number of hydrogen-bond acceptors (Lipinski definition) is 6. The number of hydrogen-bond donors (Lipinski definition) is 1. The lowest BCUT2D eigenvalue weighted by molar-refractivity contribution is -0.122. The number of carbonyl (C=O) groups excluding carboxylic acids is 1. The Morgan fingerprint density at radius 2 is 1.88 bits per heavy atom. The van der Waals surface area contributed by atoms with Crippen LogP contribution in [0.25, 0.3) is 0 Å². The van der Waals surface area contributed by atoms with Crippen molar-refractivity contribution >= 4 is 23.1 Å². The van der Waals surface area contributed by atoms with Gasteiger partial charge in [0.15, 0.2) is 23.6 Å². The molecular weight excluding hydrogens is 308 g/mol. The second kappa shape index (κ2) is 5.56. The molecule has 2 aliphatic rings. The highest BCUT2D eigenvalue weighted by Gasteiger charge is 2.44. The third-order valence-corrected chi connectivity index (χ3v) is 4.17. The summed E-state index contributed by atoms with van der Waals surface area (Å²) in [6.07, 6.45) is -0.713. The van der Waals surface area contributed by atoms with E-state index >= 15 is 0 Å². The number of fused-ring (bicyclic) bond motifs is 2. The van der Waals surface area contributed by atoms with E-state index in [2.05, 4.69) is 10.3 Å². The summed E-state index contributed by atoms with van der Waals surface area (Å²) in [4.78, 5) is 17.2. The van der Waals surface area contributed by atoms with Crippen LogP contribution in [-0.4, -0.2) is 31.9 Å². The number of aliphatic imine (C=N–C) groups is 1. The predicted molar refractivity (Wildman–Crippen MR) is 89.3 cm³/mol. The molecule has 2 aliphatic heterocycles. The zero-order chi connectivity index (χ0) is 16.7. The third-order valence-electron chi connectivity index (χ3n) is 4.17. The largest absolute Gasteiger partial charge is 0.493 e. The van der Waals surface area contributed by atoms with E-state index in [0.717, 1.165) is 11.4 Å². The van der Waals surface area contributed by atoms with Crippen LogP contribution >= 0.6 is 0 Å². The molecule has 2 heterocycles. The Morgan fingerprint density at radius 3 is 2.67 bits per heavy atom. The molecule has 6 nitrogen and oxygen atoms in total. The average Bonchev–Trinajstić information content (AvgIpc) is 2.95. The van der Waals surface area contributed by atoms with Gasteiger partial charge in [0.2, 0.25) is 11.7 Å². The van der Waals surface area contributed by atoms with Crippen molar-refractivity contribution in [2.45, 2.75) is 12.1 Å². The zero-order valence-corrected chi connectivity index (χ0v) is 13.3. The lowest BCUT2D eigenvalue weighted by Crippen LogP contribution is -2.33. The molecule has 0 spiro atoms. The van der Waals surface area contributed by atoms with Crippen molar-refractivity contribution in [1.82, 2.24) is 0 Å². The molecule has 0 radical (unpaired) electrons. The maximum absolute atomic E-state index is 12.8. The molecule has 2 aromatic rings. The number of nitrogens with zero attached hydrogens (tertiary/aromatic N) is 1. The number of para-hydroxylation sites is 2. The number of ketones is 1. The van der Waals surface area contributed by atoms with Gasteiger partial charge in [-0.1, -0.05) is 18.2 Å². The number of ether oxygens (including phenoxy) is 3. The quantitative estimate of drug-likeness (QED) is 0.940. The first kappa shape index (κ1) is 14.6. The summed E-state index contributed by atoms with van der Waals surface area (Å²) < 4.78 is 16.4. The van der Waals surface area contributed by atoms with Crippen LogP contribution in [0.4, 0.5) is 11.4 Å². The summed E-state index contributed by atoms with van der Waals surface area (Å²) in [5, 5.41) is 3.20. The van der Waals surface area contributed by atoms with Gasteiger partial charge in [0.05, 0.1) is 25.6 Å². The van der Waals surface area contributed by atoms with Crippen LogP contribution in [-0.2, 0) is 9.53 Å². The molecule has 0 aliphatic carbocycles. The Morgan fingerprint density at radius 1 is 1.08 bits per heavy atom. The Balaban J connectivity index is 1.68. The maximum Gasteiger partial charge on any atom is 0.220 e. The van der Waals surface area contributed by atoms with Gasteiger partial charge in [-0.05, 0) is 24.3 Å². The van der Waals surface area contributed by atoms with Crippen LogP contribution in [0.3, 0.4) is 0 Å². The van der Waals surface area contributed by atoms with E-state index in [1.165, 1.54) is 0 Å². The number of carbonyl (C=O) groups is 1. The van der Waals surface area contributed by atoms with E-state index in [4.69, 9.17) is 14.2 Å². The van der Waals surface area contributed by atoms with Crippen molar-refractivity contribution < 1.29 is 19.0 Å². The molecule has 1 fully saturated rings. The van der Waals surface area contributed by atoms with Crippen molar-refractivity contribution in [2.75, 3.05) is 19.5 Å². The van der Waals surface area contributed by atoms with Gasteiger partial charge in [-0.2, -0.15) is 0 Å². The number of rotatable bonds is 3. The van der Waals surface area contributed by atoms with Crippen LogP contribution in [0.2, 0.25) is 0 Å². The van der Waals surface area contributed by atoms with Gasteiger partial charge in [0, 0.05) is 5.56 Å². The molecule has 0 unspecified atom stereocenters. The van der Waals surface area contributed by atoms with Gasteiger partial charge < -0.3 is 19.5 Å². The second-order valence-electron chi connectivity index (χ2n) is 5.56. The standard InChI is InChI=1S/C18H16N2O4/c1-22-13-8-7-10(9-14(13)23-2)17-16(21)15-18(24-17)20-12-6-4-3-5-11(12)19-15/h3-9,15,17,19H,1-2H3/t15-,17+/m0/s1. The molecule has 24 heavy (non-hydrogen) atoms. The summed E-state index contributed by atoms with van der Waals surface area (Å²) in [5.74, 6) is 1.49. The monoisotopic (exact) mass is 324 g/mol. The highest BCUT2D eigenvalue weighted by molar-refractivity contribution is 6.16. The molecule has 0 aromatic heterocycles. The summed E-state index contributed by atoms with van der Waals surface area (Å²) in [5.41, 5.74) is 2.31. The summed E-state index contributed by atoms with van der Waals surface area (Å²) in [7, 11) is 3.13. The van der Waals surface area contributed by atoms with Crippen LogP contribution in [0.15, 0.2) is 47.5 Å². The van der Waals surface area contributed by atoms with Crippen LogP contribution < -0.4 is 14.8 Å². The van der Waals surface area contributed by atoms with Crippen molar-refractivity contribution in [3.63, 3.8) is 0 Å².